The first-order valence-corrected chi connectivity index (χ1v) is 9.74. The van der Waals surface area contributed by atoms with Crippen LogP contribution in [0.3, 0.4) is 0 Å². The van der Waals surface area contributed by atoms with E-state index < -0.39 is 0 Å². The quantitative estimate of drug-likeness (QED) is 0.454. The Morgan fingerprint density at radius 2 is 1.73 bits per heavy atom. The van der Waals surface area contributed by atoms with E-state index in [1.54, 1.807) is 33.5 Å². The summed E-state index contributed by atoms with van der Waals surface area (Å²) in [6, 6.07) is 9.82. The fraction of sp³-hybridized carbons (Fsp3) is 0.409. The number of nitrogens with one attached hydrogen (secondary N) is 2. The van der Waals surface area contributed by atoms with E-state index in [1.807, 2.05) is 26.0 Å². The molecule has 0 spiro atoms. The molecule has 0 fully saturated rings. The molecule has 0 bridgehead atoms. The molecule has 0 heterocycles. The number of aliphatic imine (C=N–C) groups is 1. The topological polar surface area (TPSA) is 73.3 Å². The standard InChI is InChI=1S/C22H30FN3O4/c1-6-24-22(25-13-15(2)30-18-9-7-8-17(23)12-18)26-14-16-10-19(27-3)21(29-5)20(11-16)28-4/h7-12,15H,6,13-14H2,1-5H3,(H2,24,25,26). The summed E-state index contributed by atoms with van der Waals surface area (Å²) in [7, 11) is 4.73. The fourth-order valence-electron chi connectivity index (χ4n) is 2.79. The summed E-state index contributed by atoms with van der Waals surface area (Å²) < 4.78 is 35.2. The number of methoxy groups -OCH3 is 3. The van der Waals surface area contributed by atoms with Gasteiger partial charge in [0, 0.05) is 12.6 Å². The summed E-state index contributed by atoms with van der Waals surface area (Å²) in [4.78, 5) is 4.61. The third-order valence-electron chi connectivity index (χ3n) is 4.18. The third-order valence-corrected chi connectivity index (χ3v) is 4.18. The highest BCUT2D eigenvalue weighted by Crippen LogP contribution is 2.38. The Hall–Kier alpha value is -3.16. The number of nitrogens with zero attached hydrogens (tertiary/aromatic N) is 1. The maximum absolute atomic E-state index is 13.3. The van der Waals surface area contributed by atoms with Gasteiger partial charge in [0.25, 0.3) is 0 Å². The lowest BCUT2D eigenvalue weighted by molar-refractivity contribution is 0.223. The van der Waals surface area contributed by atoms with Gasteiger partial charge < -0.3 is 29.6 Å². The summed E-state index contributed by atoms with van der Waals surface area (Å²) in [6.07, 6.45) is -0.183. The molecule has 0 aliphatic rings. The lowest BCUT2D eigenvalue weighted by atomic mass is 10.2. The molecule has 2 rings (SSSR count). The Balaban J connectivity index is 2.03. The van der Waals surface area contributed by atoms with Gasteiger partial charge in [0.1, 0.15) is 17.7 Å². The van der Waals surface area contributed by atoms with Crippen molar-refractivity contribution in [1.29, 1.82) is 0 Å². The molecule has 1 unspecified atom stereocenters. The average Bonchev–Trinajstić information content (AvgIpc) is 2.74. The Bertz CT molecular complexity index is 820. The summed E-state index contributed by atoms with van der Waals surface area (Å²) in [6.45, 7) is 5.51. The SMILES string of the molecule is CCNC(=NCc1cc(OC)c(OC)c(OC)c1)NCC(C)Oc1cccc(F)c1. The molecule has 0 aliphatic carbocycles. The number of rotatable bonds is 10. The molecule has 2 aromatic rings. The van der Waals surface area contributed by atoms with Gasteiger partial charge in [0.05, 0.1) is 34.4 Å². The molecule has 30 heavy (non-hydrogen) atoms. The lowest BCUT2D eigenvalue weighted by Crippen LogP contribution is -2.41. The van der Waals surface area contributed by atoms with Crippen molar-refractivity contribution in [2.24, 2.45) is 4.99 Å². The van der Waals surface area contributed by atoms with Crippen LogP contribution in [0.1, 0.15) is 19.4 Å². The number of halogens is 1. The van der Waals surface area contributed by atoms with E-state index >= 15 is 0 Å². The van der Waals surface area contributed by atoms with Gasteiger partial charge in [-0.15, -0.1) is 0 Å². The maximum Gasteiger partial charge on any atom is 0.203 e. The highest BCUT2D eigenvalue weighted by molar-refractivity contribution is 5.79. The second kappa shape index (κ2) is 11.7. The molecule has 0 saturated carbocycles. The van der Waals surface area contributed by atoms with Crippen LogP contribution >= 0.6 is 0 Å². The Morgan fingerprint density at radius 1 is 1.03 bits per heavy atom. The lowest BCUT2D eigenvalue weighted by Gasteiger charge is -2.18. The molecule has 2 aromatic carbocycles. The zero-order valence-electron chi connectivity index (χ0n) is 18.1. The van der Waals surface area contributed by atoms with Crippen LogP contribution in [-0.4, -0.2) is 46.5 Å². The van der Waals surface area contributed by atoms with Gasteiger partial charge in [-0.25, -0.2) is 9.38 Å². The molecule has 2 N–H and O–H groups in total. The van der Waals surface area contributed by atoms with Crippen LogP contribution in [0.15, 0.2) is 41.4 Å². The number of hydrogen-bond donors (Lipinski definition) is 2. The maximum atomic E-state index is 13.3. The number of hydrogen-bond acceptors (Lipinski definition) is 5. The van der Waals surface area contributed by atoms with Gasteiger partial charge in [-0.3, -0.25) is 0 Å². The summed E-state index contributed by atoms with van der Waals surface area (Å²) in [5.74, 6) is 2.51. The van der Waals surface area contributed by atoms with Crippen molar-refractivity contribution in [2.45, 2.75) is 26.5 Å². The van der Waals surface area contributed by atoms with Gasteiger partial charge >= 0.3 is 0 Å². The van der Waals surface area contributed by atoms with Gasteiger partial charge in [0.15, 0.2) is 17.5 Å². The largest absolute Gasteiger partial charge is 0.493 e. The molecule has 0 aliphatic heterocycles. The van der Waals surface area contributed by atoms with Gasteiger partial charge in [-0.2, -0.15) is 0 Å². The second-order valence-corrected chi connectivity index (χ2v) is 6.50. The molecule has 0 aromatic heterocycles. The van der Waals surface area contributed by atoms with E-state index in [0.29, 0.717) is 48.6 Å². The average molecular weight is 419 g/mol. The minimum absolute atomic E-state index is 0.183. The zero-order valence-corrected chi connectivity index (χ0v) is 18.1. The highest BCUT2D eigenvalue weighted by atomic mass is 19.1. The van der Waals surface area contributed by atoms with Crippen LogP contribution in [0, 0.1) is 5.82 Å². The van der Waals surface area contributed by atoms with Crippen LogP contribution in [0.2, 0.25) is 0 Å². The monoisotopic (exact) mass is 419 g/mol. The number of ether oxygens (including phenoxy) is 4. The van der Waals surface area contributed by atoms with Crippen LogP contribution in [0.4, 0.5) is 4.39 Å². The number of benzene rings is 2. The van der Waals surface area contributed by atoms with Crippen molar-refractivity contribution in [3.05, 3.63) is 47.8 Å². The fourth-order valence-corrected chi connectivity index (χ4v) is 2.79. The minimum Gasteiger partial charge on any atom is -0.493 e. The smallest absolute Gasteiger partial charge is 0.203 e. The summed E-state index contributed by atoms with van der Waals surface area (Å²) >= 11 is 0. The molecule has 0 amide bonds. The molecule has 0 radical (unpaired) electrons. The molecule has 0 saturated heterocycles. The van der Waals surface area contributed by atoms with Crippen molar-refractivity contribution < 1.29 is 23.3 Å². The first-order valence-electron chi connectivity index (χ1n) is 9.74. The molecule has 164 valence electrons. The molecular weight excluding hydrogens is 389 g/mol. The van der Waals surface area contributed by atoms with Crippen molar-refractivity contribution in [1.82, 2.24) is 10.6 Å². The van der Waals surface area contributed by atoms with Gasteiger partial charge in [-0.1, -0.05) is 6.07 Å². The van der Waals surface area contributed by atoms with Crippen molar-refractivity contribution >= 4 is 5.96 Å². The van der Waals surface area contributed by atoms with Crippen LogP contribution in [0.25, 0.3) is 0 Å². The Kier molecular flexibility index (Phi) is 9.05. The Morgan fingerprint density at radius 3 is 2.30 bits per heavy atom. The van der Waals surface area contributed by atoms with Gasteiger partial charge in [0.2, 0.25) is 5.75 Å². The first kappa shape index (κ1) is 23.1. The van der Waals surface area contributed by atoms with Crippen LogP contribution in [0.5, 0.6) is 23.0 Å². The van der Waals surface area contributed by atoms with Gasteiger partial charge in [-0.05, 0) is 43.7 Å². The predicted molar refractivity (Wildman–Crippen MR) is 115 cm³/mol. The summed E-state index contributed by atoms with van der Waals surface area (Å²) in [5.41, 5.74) is 0.908. The van der Waals surface area contributed by atoms with Crippen molar-refractivity contribution in [3.8, 4) is 23.0 Å². The zero-order chi connectivity index (χ0) is 21.9. The van der Waals surface area contributed by atoms with E-state index in [-0.39, 0.29) is 11.9 Å². The van der Waals surface area contributed by atoms with Crippen molar-refractivity contribution in [3.63, 3.8) is 0 Å². The van der Waals surface area contributed by atoms with Crippen molar-refractivity contribution in [2.75, 3.05) is 34.4 Å². The van der Waals surface area contributed by atoms with E-state index in [9.17, 15) is 4.39 Å². The number of guanidine groups is 1. The van der Waals surface area contributed by atoms with Crippen LogP contribution < -0.4 is 29.6 Å². The van der Waals surface area contributed by atoms with E-state index in [1.165, 1.54) is 12.1 Å². The molecule has 8 heteroatoms. The third kappa shape index (κ3) is 6.72. The molecule has 1 atom stereocenters. The normalized spacial score (nSPS) is 12.1. The second-order valence-electron chi connectivity index (χ2n) is 6.50. The van der Waals surface area contributed by atoms with Crippen LogP contribution in [-0.2, 0) is 6.54 Å². The van der Waals surface area contributed by atoms with E-state index in [4.69, 9.17) is 18.9 Å². The summed E-state index contributed by atoms with van der Waals surface area (Å²) in [5, 5.41) is 6.44. The van der Waals surface area contributed by atoms with E-state index in [0.717, 1.165) is 5.56 Å². The molecular formula is C22H30FN3O4. The predicted octanol–water partition coefficient (Wildman–Crippen LogP) is 3.37. The minimum atomic E-state index is -0.326. The Labute approximate surface area is 177 Å². The van der Waals surface area contributed by atoms with E-state index in [2.05, 4.69) is 15.6 Å². The first-order chi connectivity index (χ1) is 14.5. The highest BCUT2D eigenvalue weighted by Gasteiger charge is 2.13. The molecule has 7 nitrogen and oxygen atoms in total.